The number of nitrogens with zero attached hydrogens (tertiary/aromatic N) is 3. The zero-order chi connectivity index (χ0) is 15.8. The largest absolute Gasteiger partial charge is 0.478 e. The lowest BCUT2D eigenvalue weighted by atomic mass is 10.2. The van der Waals surface area contributed by atoms with E-state index in [4.69, 9.17) is 5.11 Å². The first-order chi connectivity index (χ1) is 9.74. The van der Waals surface area contributed by atoms with Crippen molar-refractivity contribution in [1.29, 1.82) is 0 Å². The molecule has 0 saturated heterocycles. The van der Waals surface area contributed by atoms with E-state index in [0.29, 0.717) is 5.69 Å². The van der Waals surface area contributed by atoms with E-state index < -0.39 is 26.6 Å². The van der Waals surface area contributed by atoms with Crippen LogP contribution in [0.15, 0.2) is 11.2 Å². The predicted octanol–water partition coefficient (Wildman–Crippen LogP) is -0.0633. The lowest BCUT2D eigenvalue weighted by Crippen LogP contribution is -2.25. The molecule has 0 saturated carbocycles. The monoisotopic (exact) mass is 313 g/mol. The summed E-state index contributed by atoms with van der Waals surface area (Å²) in [4.78, 5) is 10.9. The Hall–Kier alpha value is -2.20. The van der Waals surface area contributed by atoms with E-state index in [2.05, 4.69) is 20.0 Å². The van der Waals surface area contributed by atoms with E-state index >= 15 is 0 Å². The van der Waals surface area contributed by atoms with Crippen LogP contribution in [0.1, 0.15) is 27.3 Å². The molecule has 0 spiro atoms. The highest BCUT2D eigenvalue weighted by Crippen LogP contribution is 2.15. The Morgan fingerprint density at radius 1 is 1.48 bits per heavy atom. The van der Waals surface area contributed by atoms with Crippen LogP contribution in [0.3, 0.4) is 0 Å². The Kier molecular flexibility index (Phi) is 3.83. The van der Waals surface area contributed by atoms with Crippen molar-refractivity contribution in [2.24, 2.45) is 7.05 Å². The van der Waals surface area contributed by atoms with Gasteiger partial charge < -0.3 is 5.11 Å². The van der Waals surface area contributed by atoms with Gasteiger partial charge in [0.2, 0.25) is 0 Å². The normalized spacial score (nSPS) is 11.8. The van der Waals surface area contributed by atoms with Crippen LogP contribution >= 0.6 is 0 Å². The van der Waals surface area contributed by atoms with Gasteiger partial charge in [-0.2, -0.15) is 10.2 Å². The molecule has 10 heteroatoms. The molecule has 0 radical (unpaired) electrons. The molecule has 0 fully saturated rings. The Balaban J connectivity index is 2.26. The molecule has 21 heavy (non-hydrogen) atoms. The Bertz CT molecular complexity index is 790. The second kappa shape index (κ2) is 5.30. The third-order valence-electron chi connectivity index (χ3n) is 3.20. The number of carboxylic acids is 1. The summed E-state index contributed by atoms with van der Waals surface area (Å²) < 4.78 is 28.3. The summed E-state index contributed by atoms with van der Waals surface area (Å²) in [5, 5.41) is 18.3. The van der Waals surface area contributed by atoms with Crippen LogP contribution < -0.4 is 4.72 Å². The highest BCUT2D eigenvalue weighted by atomic mass is 32.2. The maximum atomic E-state index is 12.1. The summed E-state index contributed by atoms with van der Waals surface area (Å²) in [7, 11) is -2.24. The van der Waals surface area contributed by atoms with E-state index in [1.54, 1.807) is 18.7 Å². The maximum Gasteiger partial charge on any atom is 0.340 e. The number of hydrogen-bond donors (Lipinski definition) is 3. The van der Waals surface area contributed by atoms with Crippen LogP contribution in [0.2, 0.25) is 0 Å². The van der Waals surface area contributed by atoms with Crippen molar-refractivity contribution in [1.82, 2.24) is 24.7 Å². The van der Waals surface area contributed by atoms with Crippen LogP contribution in [-0.2, 0) is 23.6 Å². The molecule has 0 amide bonds. The molecule has 0 bridgehead atoms. The third-order valence-corrected chi connectivity index (χ3v) is 4.57. The van der Waals surface area contributed by atoms with Gasteiger partial charge in [-0.25, -0.2) is 17.9 Å². The molecule has 0 unspecified atom stereocenters. The zero-order valence-electron chi connectivity index (χ0n) is 11.7. The van der Waals surface area contributed by atoms with Gasteiger partial charge in [-0.3, -0.25) is 9.78 Å². The summed E-state index contributed by atoms with van der Waals surface area (Å²) in [6, 6.07) is 0. The molecule has 9 nitrogen and oxygen atoms in total. The van der Waals surface area contributed by atoms with Crippen molar-refractivity contribution in [3.05, 3.63) is 28.7 Å². The fourth-order valence-electron chi connectivity index (χ4n) is 1.94. The van der Waals surface area contributed by atoms with Crippen molar-refractivity contribution >= 4 is 16.0 Å². The third kappa shape index (κ3) is 2.81. The number of H-pyrrole nitrogens is 1. The van der Waals surface area contributed by atoms with Crippen molar-refractivity contribution in [3.63, 3.8) is 0 Å². The molecule has 0 aromatic carbocycles. The number of nitrogens with one attached hydrogen (secondary N) is 2. The lowest BCUT2D eigenvalue weighted by molar-refractivity contribution is 0.0692. The fourth-order valence-corrected chi connectivity index (χ4v) is 3.03. The molecule has 2 aromatic rings. The van der Waals surface area contributed by atoms with E-state index in [9.17, 15) is 13.2 Å². The molecule has 2 heterocycles. The van der Waals surface area contributed by atoms with Gasteiger partial charge in [0.05, 0.1) is 11.9 Å². The number of aryl methyl sites for hydroxylation is 2. The van der Waals surface area contributed by atoms with E-state index in [0.717, 1.165) is 17.5 Å². The highest BCUT2D eigenvalue weighted by molar-refractivity contribution is 7.89. The molecule has 0 aliphatic rings. The molecular formula is C11H15N5O4S. The van der Waals surface area contributed by atoms with Crippen molar-refractivity contribution < 1.29 is 18.3 Å². The Morgan fingerprint density at radius 2 is 2.14 bits per heavy atom. The summed E-state index contributed by atoms with van der Waals surface area (Å²) >= 11 is 0. The number of aromatic carboxylic acids is 1. The zero-order valence-corrected chi connectivity index (χ0v) is 12.5. The van der Waals surface area contributed by atoms with Crippen LogP contribution in [0.25, 0.3) is 0 Å². The second-order valence-electron chi connectivity index (χ2n) is 4.52. The van der Waals surface area contributed by atoms with E-state index in [1.165, 1.54) is 0 Å². The van der Waals surface area contributed by atoms with Crippen LogP contribution in [0.4, 0.5) is 0 Å². The summed E-state index contributed by atoms with van der Waals surface area (Å²) in [5.41, 5.74) is 1.89. The van der Waals surface area contributed by atoms with Gasteiger partial charge >= 0.3 is 5.97 Å². The van der Waals surface area contributed by atoms with Gasteiger partial charge in [-0.1, -0.05) is 0 Å². The van der Waals surface area contributed by atoms with Gasteiger partial charge in [0.15, 0.2) is 5.03 Å². The SMILES string of the molecule is Cc1nn(C)c(C)c1CNS(=O)(=O)c1[nH]ncc1C(=O)O. The maximum absolute atomic E-state index is 12.1. The molecule has 3 N–H and O–H groups in total. The van der Waals surface area contributed by atoms with Gasteiger partial charge in [0, 0.05) is 24.8 Å². The minimum absolute atomic E-state index is 0.0198. The van der Waals surface area contributed by atoms with Crippen molar-refractivity contribution in [2.45, 2.75) is 25.4 Å². The molecule has 0 aliphatic carbocycles. The molecule has 0 aliphatic heterocycles. The molecule has 2 rings (SSSR count). The standard InChI is InChI=1S/C11H15N5O4S/c1-6-8(7(2)16(3)15-6)5-13-21(19,20)10-9(11(17)18)4-12-14-10/h4,13H,5H2,1-3H3,(H,12,14)(H,17,18). The average Bonchev–Trinajstić information content (AvgIpc) is 2.95. The first kappa shape index (κ1) is 15.2. The van der Waals surface area contributed by atoms with Gasteiger partial charge in [0.1, 0.15) is 5.56 Å². The number of rotatable bonds is 5. The quantitative estimate of drug-likeness (QED) is 0.709. The average molecular weight is 313 g/mol. The minimum atomic E-state index is -4.00. The summed E-state index contributed by atoms with van der Waals surface area (Å²) in [6.45, 7) is 3.62. The van der Waals surface area contributed by atoms with E-state index in [-0.39, 0.29) is 6.54 Å². The van der Waals surface area contributed by atoms with Gasteiger partial charge in [-0.05, 0) is 13.8 Å². The topological polar surface area (TPSA) is 130 Å². The number of aromatic amines is 1. The fraction of sp³-hybridized carbons (Fsp3) is 0.364. The van der Waals surface area contributed by atoms with Crippen molar-refractivity contribution in [3.8, 4) is 0 Å². The molecule has 0 atom stereocenters. The number of aromatic nitrogens is 4. The number of hydrogen-bond acceptors (Lipinski definition) is 5. The predicted molar refractivity (Wildman–Crippen MR) is 72.3 cm³/mol. The first-order valence-electron chi connectivity index (χ1n) is 5.99. The molecule has 114 valence electrons. The smallest absolute Gasteiger partial charge is 0.340 e. The number of carbonyl (C=O) groups is 1. The molecule has 2 aromatic heterocycles. The first-order valence-corrected chi connectivity index (χ1v) is 7.47. The van der Waals surface area contributed by atoms with E-state index in [1.807, 2.05) is 6.92 Å². The Labute approximate surface area is 121 Å². The minimum Gasteiger partial charge on any atom is -0.478 e. The van der Waals surface area contributed by atoms with Crippen LogP contribution in [0.5, 0.6) is 0 Å². The van der Waals surface area contributed by atoms with Crippen LogP contribution in [0, 0.1) is 13.8 Å². The lowest BCUT2D eigenvalue weighted by Gasteiger charge is -2.06. The van der Waals surface area contributed by atoms with Gasteiger partial charge in [0.25, 0.3) is 10.0 Å². The summed E-state index contributed by atoms with van der Waals surface area (Å²) in [6.07, 6.45) is 0.956. The van der Waals surface area contributed by atoms with Gasteiger partial charge in [-0.15, -0.1) is 0 Å². The number of carboxylic acid groups (broad SMARTS) is 1. The van der Waals surface area contributed by atoms with Crippen molar-refractivity contribution in [2.75, 3.05) is 0 Å². The second-order valence-corrected chi connectivity index (χ2v) is 6.22. The van der Waals surface area contributed by atoms with Crippen LogP contribution in [-0.4, -0.2) is 39.5 Å². The summed E-state index contributed by atoms with van der Waals surface area (Å²) in [5.74, 6) is -1.36. The number of sulfonamides is 1. The highest BCUT2D eigenvalue weighted by Gasteiger charge is 2.25. The molecular weight excluding hydrogens is 298 g/mol. The Morgan fingerprint density at radius 3 is 2.67 bits per heavy atom.